The standard InChI is InChI=1S/C15H19NO3/c1-12(19-2)11-16-15(18)14-8-5-7-13(10-14)6-3-4-9-17/h5,7-8,10,12,17H,4,9,11H2,1-2H3,(H,16,18). The number of carbonyl (C=O) groups excluding carboxylic acids is 1. The number of hydrogen-bond donors (Lipinski definition) is 2. The van der Waals surface area contributed by atoms with Crippen LogP contribution in [0.4, 0.5) is 0 Å². The summed E-state index contributed by atoms with van der Waals surface area (Å²) >= 11 is 0. The Morgan fingerprint density at radius 1 is 1.53 bits per heavy atom. The minimum absolute atomic E-state index is 0.0171. The lowest BCUT2D eigenvalue weighted by molar-refractivity contribution is 0.0870. The zero-order valence-corrected chi connectivity index (χ0v) is 11.3. The van der Waals surface area contributed by atoms with Crippen molar-refractivity contribution in [2.24, 2.45) is 0 Å². The minimum Gasteiger partial charge on any atom is -0.395 e. The molecule has 0 aliphatic carbocycles. The summed E-state index contributed by atoms with van der Waals surface area (Å²) in [5.74, 6) is 5.58. The molecule has 1 rings (SSSR count). The Morgan fingerprint density at radius 2 is 2.32 bits per heavy atom. The van der Waals surface area contributed by atoms with Gasteiger partial charge >= 0.3 is 0 Å². The number of rotatable bonds is 5. The van der Waals surface area contributed by atoms with Gasteiger partial charge in [0.25, 0.3) is 5.91 Å². The maximum Gasteiger partial charge on any atom is 0.251 e. The number of ether oxygens (including phenoxy) is 1. The number of amides is 1. The van der Waals surface area contributed by atoms with Gasteiger partial charge in [0.2, 0.25) is 0 Å². The summed E-state index contributed by atoms with van der Waals surface area (Å²) in [6, 6.07) is 7.09. The summed E-state index contributed by atoms with van der Waals surface area (Å²) in [6.45, 7) is 2.40. The molecule has 1 unspecified atom stereocenters. The zero-order valence-electron chi connectivity index (χ0n) is 11.3. The van der Waals surface area contributed by atoms with Crippen molar-refractivity contribution in [2.45, 2.75) is 19.4 Å². The Labute approximate surface area is 113 Å². The first-order chi connectivity index (χ1) is 9.17. The molecule has 0 bridgehead atoms. The lowest BCUT2D eigenvalue weighted by atomic mass is 10.1. The van der Waals surface area contributed by atoms with Crippen LogP contribution in [0, 0.1) is 11.8 Å². The fraction of sp³-hybridized carbons (Fsp3) is 0.400. The molecule has 0 saturated carbocycles. The molecule has 1 amide bonds. The number of hydrogen-bond acceptors (Lipinski definition) is 3. The number of benzene rings is 1. The van der Waals surface area contributed by atoms with Gasteiger partial charge in [0.05, 0.1) is 12.7 Å². The molecule has 4 heteroatoms. The summed E-state index contributed by atoms with van der Waals surface area (Å²) in [4.78, 5) is 11.9. The van der Waals surface area contributed by atoms with E-state index >= 15 is 0 Å². The van der Waals surface area contributed by atoms with Gasteiger partial charge in [0, 0.05) is 31.2 Å². The Hall–Kier alpha value is -1.83. The van der Waals surface area contributed by atoms with Crippen LogP contribution < -0.4 is 5.32 Å². The average molecular weight is 261 g/mol. The minimum atomic E-state index is -0.144. The summed E-state index contributed by atoms with van der Waals surface area (Å²) in [5.41, 5.74) is 1.33. The van der Waals surface area contributed by atoms with Gasteiger partial charge in [-0.25, -0.2) is 0 Å². The Kier molecular flexibility index (Phi) is 6.65. The molecule has 4 nitrogen and oxygen atoms in total. The summed E-state index contributed by atoms with van der Waals surface area (Å²) in [6.07, 6.45) is 0.415. The lowest BCUT2D eigenvalue weighted by Crippen LogP contribution is -2.31. The first-order valence-electron chi connectivity index (χ1n) is 6.18. The molecule has 2 N–H and O–H groups in total. The summed E-state index contributed by atoms with van der Waals surface area (Å²) < 4.78 is 5.06. The van der Waals surface area contributed by atoms with Gasteiger partial charge in [-0.3, -0.25) is 4.79 Å². The van der Waals surface area contributed by atoms with E-state index in [-0.39, 0.29) is 18.6 Å². The van der Waals surface area contributed by atoms with E-state index in [4.69, 9.17) is 9.84 Å². The predicted molar refractivity (Wildman–Crippen MR) is 73.8 cm³/mol. The highest BCUT2D eigenvalue weighted by Crippen LogP contribution is 2.04. The number of aliphatic hydroxyl groups excluding tert-OH is 1. The van der Waals surface area contributed by atoms with Crippen LogP contribution in [0.25, 0.3) is 0 Å². The monoisotopic (exact) mass is 261 g/mol. The first kappa shape index (κ1) is 15.2. The molecule has 0 aliphatic rings. The molecule has 0 saturated heterocycles. The SMILES string of the molecule is COC(C)CNC(=O)c1cccc(C#CCCO)c1. The summed E-state index contributed by atoms with van der Waals surface area (Å²) in [7, 11) is 1.61. The fourth-order valence-electron chi connectivity index (χ4n) is 1.38. The van der Waals surface area contributed by atoms with Crippen molar-refractivity contribution in [1.82, 2.24) is 5.32 Å². The molecule has 1 aromatic carbocycles. The highest BCUT2D eigenvalue weighted by Gasteiger charge is 2.07. The van der Waals surface area contributed by atoms with Gasteiger partial charge < -0.3 is 15.2 Å². The molecule has 0 heterocycles. The van der Waals surface area contributed by atoms with Crippen molar-refractivity contribution >= 4 is 5.91 Å². The van der Waals surface area contributed by atoms with Crippen LogP contribution in [0.15, 0.2) is 24.3 Å². The molecule has 19 heavy (non-hydrogen) atoms. The second-order valence-corrected chi connectivity index (χ2v) is 4.11. The van der Waals surface area contributed by atoms with E-state index in [1.807, 2.05) is 13.0 Å². The first-order valence-corrected chi connectivity index (χ1v) is 6.18. The number of nitrogens with one attached hydrogen (secondary N) is 1. The van der Waals surface area contributed by atoms with Crippen LogP contribution in [-0.4, -0.2) is 37.4 Å². The molecule has 0 aromatic heterocycles. The van der Waals surface area contributed by atoms with Crippen LogP contribution in [0.2, 0.25) is 0 Å². The molecule has 1 aromatic rings. The van der Waals surface area contributed by atoms with Gasteiger partial charge in [-0.05, 0) is 25.1 Å². The van der Waals surface area contributed by atoms with Gasteiger partial charge in [-0.2, -0.15) is 0 Å². The van der Waals surface area contributed by atoms with Crippen molar-refractivity contribution in [1.29, 1.82) is 0 Å². The summed E-state index contributed by atoms with van der Waals surface area (Å²) in [5, 5.41) is 11.4. The van der Waals surface area contributed by atoms with Crippen LogP contribution in [0.1, 0.15) is 29.3 Å². The average Bonchev–Trinajstić information content (AvgIpc) is 2.45. The van der Waals surface area contributed by atoms with E-state index in [9.17, 15) is 4.79 Å². The van der Waals surface area contributed by atoms with Gasteiger partial charge in [0.15, 0.2) is 0 Å². The third-order valence-electron chi connectivity index (χ3n) is 2.55. The third kappa shape index (κ3) is 5.56. The highest BCUT2D eigenvalue weighted by molar-refractivity contribution is 5.94. The largest absolute Gasteiger partial charge is 0.395 e. The maximum atomic E-state index is 11.9. The Morgan fingerprint density at radius 3 is 3.00 bits per heavy atom. The van der Waals surface area contributed by atoms with E-state index < -0.39 is 0 Å². The van der Waals surface area contributed by atoms with Crippen LogP contribution in [-0.2, 0) is 4.74 Å². The maximum absolute atomic E-state index is 11.9. The van der Waals surface area contributed by atoms with Gasteiger partial charge in [0.1, 0.15) is 0 Å². The molecular weight excluding hydrogens is 242 g/mol. The van der Waals surface area contributed by atoms with Crippen molar-refractivity contribution in [2.75, 3.05) is 20.3 Å². The topological polar surface area (TPSA) is 58.6 Å². The molecule has 0 radical (unpaired) electrons. The predicted octanol–water partition coefficient (Wildman–Crippen LogP) is 1.19. The fourth-order valence-corrected chi connectivity index (χ4v) is 1.38. The zero-order chi connectivity index (χ0) is 14.1. The van der Waals surface area contributed by atoms with Gasteiger partial charge in [-0.1, -0.05) is 17.9 Å². The number of methoxy groups -OCH3 is 1. The van der Waals surface area contributed by atoms with Crippen molar-refractivity contribution < 1.29 is 14.6 Å². The highest BCUT2D eigenvalue weighted by atomic mass is 16.5. The van der Waals surface area contributed by atoms with E-state index in [0.717, 1.165) is 5.56 Å². The molecule has 0 fully saturated rings. The van der Waals surface area contributed by atoms with E-state index in [0.29, 0.717) is 18.5 Å². The molecule has 1 atom stereocenters. The van der Waals surface area contributed by atoms with Crippen LogP contribution >= 0.6 is 0 Å². The van der Waals surface area contributed by atoms with Gasteiger partial charge in [-0.15, -0.1) is 0 Å². The number of aliphatic hydroxyl groups is 1. The van der Waals surface area contributed by atoms with Crippen LogP contribution in [0.5, 0.6) is 0 Å². The molecular formula is C15H19NO3. The third-order valence-corrected chi connectivity index (χ3v) is 2.55. The normalized spacial score (nSPS) is 11.3. The second-order valence-electron chi connectivity index (χ2n) is 4.11. The van der Waals surface area contributed by atoms with E-state index in [1.54, 1.807) is 25.3 Å². The Balaban J connectivity index is 2.66. The van der Waals surface area contributed by atoms with E-state index in [2.05, 4.69) is 17.2 Å². The van der Waals surface area contributed by atoms with E-state index in [1.165, 1.54) is 0 Å². The molecule has 102 valence electrons. The second kappa shape index (κ2) is 8.30. The van der Waals surface area contributed by atoms with Crippen molar-refractivity contribution in [3.8, 4) is 11.8 Å². The molecule has 0 spiro atoms. The quantitative estimate of drug-likeness (QED) is 0.783. The Bertz CT molecular complexity index is 474. The number of carbonyl (C=O) groups is 1. The van der Waals surface area contributed by atoms with Crippen molar-refractivity contribution in [3.63, 3.8) is 0 Å². The van der Waals surface area contributed by atoms with Crippen LogP contribution in [0.3, 0.4) is 0 Å². The van der Waals surface area contributed by atoms with Crippen molar-refractivity contribution in [3.05, 3.63) is 35.4 Å². The smallest absolute Gasteiger partial charge is 0.251 e. The lowest BCUT2D eigenvalue weighted by Gasteiger charge is -2.10. The molecule has 0 aliphatic heterocycles.